The lowest BCUT2D eigenvalue weighted by molar-refractivity contribution is -0.117. The predicted molar refractivity (Wildman–Crippen MR) is 79.2 cm³/mol. The molecule has 2 heterocycles. The van der Waals surface area contributed by atoms with Crippen molar-refractivity contribution in [3.05, 3.63) is 41.3 Å². The van der Waals surface area contributed by atoms with E-state index in [1.54, 1.807) is 24.0 Å². The molecule has 0 spiro atoms. The molecule has 22 heavy (non-hydrogen) atoms. The van der Waals surface area contributed by atoms with Crippen molar-refractivity contribution in [1.82, 2.24) is 10.1 Å². The smallest absolute Gasteiger partial charge is 0.232 e. The third-order valence-corrected chi connectivity index (χ3v) is 3.98. The fourth-order valence-electron chi connectivity index (χ4n) is 2.64. The fourth-order valence-corrected chi connectivity index (χ4v) is 2.64. The molecular weight excluding hydrogens is 285 g/mol. The maximum absolute atomic E-state index is 13.7. The van der Waals surface area contributed by atoms with Gasteiger partial charge in [0.15, 0.2) is 5.82 Å². The van der Waals surface area contributed by atoms with Crippen LogP contribution in [0, 0.1) is 12.7 Å². The summed E-state index contributed by atoms with van der Waals surface area (Å²) in [4.78, 5) is 18.2. The summed E-state index contributed by atoms with van der Waals surface area (Å²) in [5.41, 5.74) is 1.08. The first-order chi connectivity index (χ1) is 10.5. The number of anilines is 1. The molecule has 1 aliphatic heterocycles. The minimum atomic E-state index is -0.311. The molecule has 0 N–H and O–H groups in total. The van der Waals surface area contributed by atoms with Crippen molar-refractivity contribution in [1.29, 1.82) is 0 Å². The van der Waals surface area contributed by atoms with Gasteiger partial charge in [0.25, 0.3) is 0 Å². The molecule has 3 rings (SSSR count). The second kappa shape index (κ2) is 5.51. The maximum Gasteiger partial charge on any atom is 0.232 e. The van der Waals surface area contributed by atoms with Gasteiger partial charge in [-0.2, -0.15) is 4.98 Å². The van der Waals surface area contributed by atoms with Gasteiger partial charge in [0.05, 0.1) is 5.92 Å². The van der Waals surface area contributed by atoms with Crippen LogP contribution in [0.4, 0.5) is 10.1 Å². The number of carbonyl (C=O) groups excluding carboxylic acids is 1. The Morgan fingerprint density at radius 1 is 1.41 bits per heavy atom. The normalized spacial score (nSPS) is 18.5. The van der Waals surface area contributed by atoms with Crippen LogP contribution in [0.25, 0.3) is 0 Å². The molecule has 1 amide bonds. The molecule has 0 radical (unpaired) electrons. The second-order valence-electron chi connectivity index (χ2n) is 5.93. The van der Waals surface area contributed by atoms with Gasteiger partial charge in [-0.15, -0.1) is 0 Å². The highest BCUT2D eigenvalue weighted by atomic mass is 19.1. The molecule has 6 heteroatoms. The number of aromatic nitrogens is 2. The largest absolute Gasteiger partial charge is 0.339 e. The monoisotopic (exact) mass is 303 g/mol. The van der Waals surface area contributed by atoms with Gasteiger partial charge in [0, 0.05) is 30.1 Å². The summed E-state index contributed by atoms with van der Waals surface area (Å²) >= 11 is 0. The molecule has 1 saturated heterocycles. The van der Waals surface area contributed by atoms with E-state index in [-0.39, 0.29) is 23.6 Å². The Labute approximate surface area is 128 Å². The molecule has 0 saturated carbocycles. The van der Waals surface area contributed by atoms with Gasteiger partial charge in [0.1, 0.15) is 5.82 Å². The molecule has 1 aromatic carbocycles. The Morgan fingerprint density at radius 2 is 2.18 bits per heavy atom. The Kier molecular flexibility index (Phi) is 3.68. The number of hydrogen-bond acceptors (Lipinski definition) is 4. The lowest BCUT2D eigenvalue weighted by Crippen LogP contribution is -2.25. The van der Waals surface area contributed by atoms with Crippen molar-refractivity contribution in [3.63, 3.8) is 0 Å². The summed E-state index contributed by atoms with van der Waals surface area (Å²) in [5, 5.41) is 3.94. The zero-order chi connectivity index (χ0) is 15.9. The number of carbonyl (C=O) groups is 1. The third kappa shape index (κ3) is 2.49. The van der Waals surface area contributed by atoms with E-state index in [1.165, 1.54) is 6.07 Å². The van der Waals surface area contributed by atoms with Crippen molar-refractivity contribution >= 4 is 11.6 Å². The summed E-state index contributed by atoms with van der Waals surface area (Å²) in [6.45, 7) is 6.07. The van der Waals surface area contributed by atoms with Crippen molar-refractivity contribution in [2.45, 2.75) is 39.0 Å². The average Bonchev–Trinajstić information content (AvgIpc) is 3.09. The quantitative estimate of drug-likeness (QED) is 0.874. The first-order valence-corrected chi connectivity index (χ1v) is 7.36. The highest BCUT2D eigenvalue weighted by molar-refractivity contribution is 5.97. The maximum atomic E-state index is 13.7. The topological polar surface area (TPSA) is 59.2 Å². The number of rotatable bonds is 3. The average molecular weight is 303 g/mol. The number of benzene rings is 1. The molecule has 1 atom stereocenters. The van der Waals surface area contributed by atoms with Crippen LogP contribution < -0.4 is 4.90 Å². The Hall–Kier alpha value is -2.24. The standard InChI is InChI=1S/C16H18FN3O2/c1-9(2)15-18-16(22-19-15)11-7-14(21)20(8-11)13-6-4-5-12(17)10(13)3/h4-6,9,11H,7-8H2,1-3H3. The zero-order valence-corrected chi connectivity index (χ0v) is 12.8. The van der Waals surface area contributed by atoms with Crippen LogP contribution >= 0.6 is 0 Å². The number of amides is 1. The minimum absolute atomic E-state index is 0.0528. The van der Waals surface area contributed by atoms with E-state index in [0.29, 0.717) is 35.9 Å². The van der Waals surface area contributed by atoms with Gasteiger partial charge in [-0.25, -0.2) is 4.39 Å². The summed E-state index contributed by atoms with van der Waals surface area (Å²) in [6, 6.07) is 4.76. The lowest BCUT2D eigenvalue weighted by Gasteiger charge is -2.18. The van der Waals surface area contributed by atoms with E-state index in [1.807, 2.05) is 13.8 Å². The Morgan fingerprint density at radius 3 is 2.86 bits per heavy atom. The summed E-state index contributed by atoms with van der Waals surface area (Å²) < 4.78 is 19.0. The van der Waals surface area contributed by atoms with Crippen molar-refractivity contribution < 1.29 is 13.7 Å². The summed E-state index contributed by atoms with van der Waals surface area (Å²) in [6.07, 6.45) is 0.301. The Bertz CT molecular complexity index is 711. The fraction of sp³-hybridized carbons (Fsp3) is 0.438. The van der Waals surface area contributed by atoms with E-state index >= 15 is 0 Å². The van der Waals surface area contributed by atoms with E-state index < -0.39 is 0 Å². The van der Waals surface area contributed by atoms with E-state index in [2.05, 4.69) is 10.1 Å². The number of nitrogens with zero attached hydrogens (tertiary/aromatic N) is 3. The van der Waals surface area contributed by atoms with Crippen molar-refractivity contribution in [2.75, 3.05) is 11.4 Å². The first-order valence-electron chi connectivity index (χ1n) is 7.36. The molecule has 1 aromatic heterocycles. The molecule has 0 bridgehead atoms. The molecular formula is C16H18FN3O2. The van der Waals surface area contributed by atoms with Gasteiger partial charge in [-0.1, -0.05) is 25.1 Å². The predicted octanol–water partition coefficient (Wildman–Crippen LogP) is 3.16. The molecule has 5 nitrogen and oxygen atoms in total. The highest BCUT2D eigenvalue weighted by Crippen LogP contribution is 2.33. The van der Waals surface area contributed by atoms with Crippen LogP contribution in [-0.2, 0) is 4.79 Å². The molecule has 1 unspecified atom stereocenters. The van der Waals surface area contributed by atoms with Gasteiger partial charge >= 0.3 is 0 Å². The highest BCUT2D eigenvalue weighted by Gasteiger charge is 2.36. The SMILES string of the molecule is Cc1c(F)cccc1N1CC(c2nc(C(C)C)no2)CC1=O. The van der Waals surface area contributed by atoms with E-state index in [4.69, 9.17) is 4.52 Å². The van der Waals surface area contributed by atoms with Crippen LogP contribution in [0.15, 0.2) is 22.7 Å². The zero-order valence-electron chi connectivity index (χ0n) is 12.8. The second-order valence-corrected chi connectivity index (χ2v) is 5.93. The van der Waals surface area contributed by atoms with Crippen LogP contribution in [0.5, 0.6) is 0 Å². The third-order valence-electron chi connectivity index (χ3n) is 3.98. The molecule has 0 aliphatic carbocycles. The minimum Gasteiger partial charge on any atom is -0.339 e. The van der Waals surface area contributed by atoms with Gasteiger partial charge in [0.2, 0.25) is 11.8 Å². The van der Waals surface area contributed by atoms with Crippen LogP contribution in [0.3, 0.4) is 0 Å². The molecule has 1 aliphatic rings. The van der Waals surface area contributed by atoms with E-state index in [0.717, 1.165) is 0 Å². The number of halogens is 1. The van der Waals surface area contributed by atoms with Crippen LogP contribution in [0.2, 0.25) is 0 Å². The molecule has 2 aromatic rings. The lowest BCUT2D eigenvalue weighted by atomic mass is 10.1. The van der Waals surface area contributed by atoms with Crippen molar-refractivity contribution in [2.24, 2.45) is 0 Å². The van der Waals surface area contributed by atoms with Crippen molar-refractivity contribution in [3.8, 4) is 0 Å². The first kappa shape index (κ1) is 14.7. The summed E-state index contributed by atoms with van der Waals surface area (Å²) in [5.74, 6) is 0.791. The van der Waals surface area contributed by atoms with Crippen LogP contribution in [-0.4, -0.2) is 22.6 Å². The molecule has 116 valence electrons. The van der Waals surface area contributed by atoms with E-state index in [9.17, 15) is 9.18 Å². The molecule has 1 fully saturated rings. The van der Waals surface area contributed by atoms with Gasteiger partial charge in [-0.05, 0) is 19.1 Å². The van der Waals surface area contributed by atoms with Gasteiger partial charge in [-0.3, -0.25) is 4.79 Å². The van der Waals surface area contributed by atoms with Crippen LogP contribution in [0.1, 0.15) is 49.4 Å². The van der Waals surface area contributed by atoms with Gasteiger partial charge < -0.3 is 9.42 Å². The summed E-state index contributed by atoms with van der Waals surface area (Å²) in [7, 11) is 0. The number of hydrogen-bond donors (Lipinski definition) is 0. The Balaban J connectivity index is 1.85.